The molecule has 1 N–H and O–H groups in total. The van der Waals surface area contributed by atoms with Gasteiger partial charge in [-0.15, -0.1) is 0 Å². The number of para-hydroxylation sites is 1. The van der Waals surface area contributed by atoms with E-state index in [1.165, 1.54) is 6.07 Å². The van der Waals surface area contributed by atoms with Crippen LogP contribution in [0.2, 0.25) is 5.02 Å². The van der Waals surface area contributed by atoms with Crippen LogP contribution in [0.5, 0.6) is 0 Å². The van der Waals surface area contributed by atoms with Crippen LogP contribution in [0, 0.1) is 5.82 Å². The van der Waals surface area contributed by atoms with Crippen LogP contribution in [0.3, 0.4) is 0 Å². The zero-order valence-electron chi connectivity index (χ0n) is 11.0. The van der Waals surface area contributed by atoms with Crippen molar-refractivity contribution in [2.45, 2.75) is 6.54 Å². The van der Waals surface area contributed by atoms with Gasteiger partial charge in [-0.1, -0.05) is 29.8 Å². The van der Waals surface area contributed by atoms with Crippen LogP contribution in [0.15, 0.2) is 42.5 Å². The largest absolute Gasteiger partial charge is 0.342 e. The number of rotatable bonds is 4. The van der Waals surface area contributed by atoms with E-state index in [9.17, 15) is 4.39 Å². The third kappa shape index (κ3) is 3.06. The van der Waals surface area contributed by atoms with E-state index in [4.69, 9.17) is 11.6 Å². The molecule has 0 aliphatic carbocycles. The van der Waals surface area contributed by atoms with Crippen LogP contribution in [0.1, 0.15) is 5.56 Å². The van der Waals surface area contributed by atoms with Gasteiger partial charge in [-0.2, -0.15) is 0 Å². The summed E-state index contributed by atoms with van der Waals surface area (Å²) in [6, 6.07) is 12.3. The molecule has 0 radical (unpaired) electrons. The SMILES string of the molecule is CNCc1ccc(Cl)cc1N(C)c1ccccc1F. The van der Waals surface area contributed by atoms with Gasteiger partial charge in [0.25, 0.3) is 0 Å². The third-order valence-corrected chi connectivity index (χ3v) is 3.22. The highest BCUT2D eigenvalue weighted by atomic mass is 35.5. The molecule has 0 aromatic heterocycles. The van der Waals surface area contributed by atoms with Gasteiger partial charge < -0.3 is 10.2 Å². The molecule has 100 valence electrons. The van der Waals surface area contributed by atoms with E-state index in [1.807, 2.05) is 43.3 Å². The molecular weight excluding hydrogens is 263 g/mol. The fraction of sp³-hybridized carbons (Fsp3) is 0.200. The lowest BCUT2D eigenvalue weighted by Gasteiger charge is -2.23. The molecule has 0 fully saturated rings. The Balaban J connectivity index is 2.45. The molecule has 0 aliphatic rings. The summed E-state index contributed by atoms with van der Waals surface area (Å²) in [5.41, 5.74) is 2.49. The summed E-state index contributed by atoms with van der Waals surface area (Å²) in [6.45, 7) is 0.700. The maximum atomic E-state index is 13.9. The van der Waals surface area contributed by atoms with E-state index in [1.54, 1.807) is 12.1 Å². The van der Waals surface area contributed by atoms with Gasteiger partial charge in [-0.3, -0.25) is 0 Å². The Morgan fingerprint density at radius 1 is 1.16 bits per heavy atom. The Morgan fingerprint density at radius 3 is 2.58 bits per heavy atom. The van der Waals surface area contributed by atoms with Crippen molar-refractivity contribution in [2.75, 3.05) is 19.0 Å². The van der Waals surface area contributed by atoms with Crippen molar-refractivity contribution in [1.82, 2.24) is 5.32 Å². The molecule has 0 bridgehead atoms. The predicted molar refractivity (Wildman–Crippen MR) is 78.7 cm³/mol. The number of halogens is 2. The number of nitrogens with one attached hydrogen (secondary N) is 1. The molecule has 0 heterocycles. The van der Waals surface area contributed by atoms with E-state index < -0.39 is 0 Å². The average molecular weight is 279 g/mol. The highest BCUT2D eigenvalue weighted by Gasteiger charge is 2.12. The second kappa shape index (κ2) is 6.04. The second-order valence-electron chi connectivity index (χ2n) is 4.31. The molecule has 2 aromatic rings. The van der Waals surface area contributed by atoms with Crippen molar-refractivity contribution in [3.05, 3.63) is 58.9 Å². The highest BCUT2D eigenvalue weighted by molar-refractivity contribution is 6.30. The molecule has 2 rings (SSSR count). The summed E-state index contributed by atoms with van der Waals surface area (Å²) in [6.07, 6.45) is 0. The molecular formula is C15H16ClFN2. The normalized spacial score (nSPS) is 10.5. The quantitative estimate of drug-likeness (QED) is 0.910. The van der Waals surface area contributed by atoms with Crippen molar-refractivity contribution in [2.24, 2.45) is 0 Å². The minimum atomic E-state index is -0.250. The molecule has 0 unspecified atom stereocenters. The lowest BCUT2D eigenvalue weighted by molar-refractivity contribution is 0.627. The van der Waals surface area contributed by atoms with Gasteiger partial charge in [-0.25, -0.2) is 4.39 Å². The van der Waals surface area contributed by atoms with Crippen LogP contribution in [0.25, 0.3) is 0 Å². The van der Waals surface area contributed by atoms with E-state index in [0.717, 1.165) is 11.3 Å². The number of nitrogens with zero attached hydrogens (tertiary/aromatic N) is 1. The monoisotopic (exact) mass is 278 g/mol. The summed E-state index contributed by atoms with van der Waals surface area (Å²) in [5.74, 6) is -0.250. The van der Waals surface area contributed by atoms with E-state index in [-0.39, 0.29) is 5.82 Å². The molecule has 2 nitrogen and oxygen atoms in total. The van der Waals surface area contributed by atoms with Crippen LogP contribution < -0.4 is 10.2 Å². The smallest absolute Gasteiger partial charge is 0.146 e. The molecule has 0 aliphatic heterocycles. The molecule has 0 saturated carbocycles. The zero-order chi connectivity index (χ0) is 13.8. The van der Waals surface area contributed by atoms with Crippen molar-refractivity contribution in [1.29, 1.82) is 0 Å². The van der Waals surface area contributed by atoms with Gasteiger partial charge in [0.1, 0.15) is 5.82 Å². The van der Waals surface area contributed by atoms with Crippen LogP contribution in [0.4, 0.5) is 15.8 Å². The molecule has 0 amide bonds. The topological polar surface area (TPSA) is 15.3 Å². The summed E-state index contributed by atoms with van der Waals surface area (Å²) in [4.78, 5) is 1.81. The minimum Gasteiger partial charge on any atom is -0.342 e. The van der Waals surface area contributed by atoms with Crippen LogP contribution >= 0.6 is 11.6 Å². The fourth-order valence-electron chi connectivity index (χ4n) is 2.04. The lowest BCUT2D eigenvalue weighted by Crippen LogP contribution is -2.16. The maximum Gasteiger partial charge on any atom is 0.146 e. The number of benzene rings is 2. The Labute approximate surface area is 117 Å². The molecule has 2 aromatic carbocycles. The van der Waals surface area contributed by atoms with Crippen molar-refractivity contribution in [3.63, 3.8) is 0 Å². The number of anilines is 2. The van der Waals surface area contributed by atoms with Crippen LogP contribution in [-0.2, 0) is 6.54 Å². The summed E-state index contributed by atoms with van der Waals surface area (Å²) in [7, 11) is 3.71. The summed E-state index contributed by atoms with van der Waals surface area (Å²) in [5, 5.41) is 3.74. The predicted octanol–water partition coefficient (Wildman–Crippen LogP) is 3.97. The van der Waals surface area contributed by atoms with Gasteiger partial charge in [-0.05, 0) is 36.9 Å². The summed E-state index contributed by atoms with van der Waals surface area (Å²) < 4.78 is 13.9. The zero-order valence-corrected chi connectivity index (χ0v) is 11.7. The lowest BCUT2D eigenvalue weighted by atomic mass is 10.1. The fourth-order valence-corrected chi connectivity index (χ4v) is 2.21. The molecule has 0 saturated heterocycles. The van der Waals surface area contributed by atoms with Gasteiger partial charge >= 0.3 is 0 Å². The molecule has 4 heteroatoms. The van der Waals surface area contributed by atoms with Gasteiger partial charge in [0.2, 0.25) is 0 Å². The van der Waals surface area contributed by atoms with Crippen molar-refractivity contribution in [3.8, 4) is 0 Å². The first kappa shape index (κ1) is 13.8. The Morgan fingerprint density at radius 2 is 1.89 bits per heavy atom. The maximum absolute atomic E-state index is 13.9. The first-order chi connectivity index (χ1) is 9.13. The van der Waals surface area contributed by atoms with E-state index in [2.05, 4.69) is 5.32 Å². The Bertz CT molecular complexity index is 572. The first-order valence-electron chi connectivity index (χ1n) is 6.04. The summed E-state index contributed by atoms with van der Waals surface area (Å²) >= 11 is 6.05. The second-order valence-corrected chi connectivity index (χ2v) is 4.75. The van der Waals surface area contributed by atoms with Crippen molar-refractivity contribution >= 4 is 23.0 Å². The number of hydrogen-bond acceptors (Lipinski definition) is 2. The Hall–Kier alpha value is -1.58. The van der Waals surface area contributed by atoms with Gasteiger partial charge in [0.05, 0.1) is 5.69 Å². The minimum absolute atomic E-state index is 0.250. The Kier molecular flexibility index (Phi) is 4.40. The van der Waals surface area contributed by atoms with E-state index in [0.29, 0.717) is 17.3 Å². The molecule has 19 heavy (non-hydrogen) atoms. The molecule has 0 spiro atoms. The van der Waals surface area contributed by atoms with Crippen molar-refractivity contribution < 1.29 is 4.39 Å². The van der Waals surface area contributed by atoms with Gasteiger partial charge in [0, 0.05) is 24.3 Å². The third-order valence-electron chi connectivity index (χ3n) is 2.99. The standard InChI is InChI=1S/C15H16ClFN2/c1-18-10-11-7-8-12(16)9-15(11)19(2)14-6-4-3-5-13(14)17/h3-9,18H,10H2,1-2H3. The molecule has 0 atom stereocenters. The van der Waals surface area contributed by atoms with Crippen LogP contribution in [-0.4, -0.2) is 14.1 Å². The first-order valence-corrected chi connectivity index (χ1v) is 6.42. The number of hydrogen-bond donors (Lipinski definition) is 1. The van der Waals surface area contributed by atoms with Gasteiger partial charge in [0.15, 0.2) is 0 Å². The average Bonchev–Trinajstić information content (AvgIpc) is 2.41. The highest BCUT2D eigenvalue weighted by Crippen LogP contribution is 2.31. The van der Waals surface area contributed by atoms with E-state index >= 15 is 0 Å².